The maximum atomic E-state index is 13.3. The van der Waals surface area contributed by atoms with Crippen molar-refractivity contribution in [2.45, 2.75) is 39.7 Å². The number of benzene rings is 2. The standard InChI is InChI=1S/C27H28N4O3/c1-16-6-5-7-18(12-16)29-26(33)20-15-28-31-24(17-8-10-19(34-4)11-9-17)23-21(30-25(20)31)13-27(2,3)14-22(23)32/h5-12,15,24,30H,13-14H2,1-4H3,(H,29,33)/t24-/m1/s1. The van der Waals surface area contributed by atoms with E-state index in [1.807, 2.05) is 55.5 Å². The number of allylic oxidation sites excluding steroid dienone is 2. The molecule has 3 aromatic rings. The molecule has 0 saturated heterocycles. The van der Waals surface area contributed by atoms with Gasteiger partial charge in [0.25, 0.3) is 5.91 Å². The maximum absolute atomic E-state index is 13.3. The highest BCUT2D eigenvalue weighted by Gasteiger charge is 2.42. The molecule has 7 nitrogen and oxygen atoms in total. The number of hydrogen-bond acceptors (Lipinski definition) is 5. The lowest BCUT2D eigenvalue weighted by Gasteiger charge is -2.39. The Morgan fingerprint density at radius 3 is 2.65 bits per heavy atom. The van der Waals surface area contributed by atoms with Crippen LogP contribution in [-0.2, 0) is 4.79 Å². The molecular formula is C27H28N4O3. The number of methoxy groups -OCH3 is 1. The molecule has 1 atom stereocenters. The lowest BCUT2D eigenvalue weighted by atomic mass is 9.73. The van der Waals surface area contributed by atoms with Crippen LogP contribution in [0.1, 0.15) is 54.2 Å². The molecule has 2 aromatic carbocycles. The average molecular weight is 457 g/mol. The summed E-state index contributed by atoms with van der Waals surface area (Å²) < 4.78 is 7.07. The molecule has 0 fully saturated rings. The number of rotatable bonds is 4. The lowest BCUT2D eigenvalue weighted by Crippen LogP contribution is -2.37. The van der Waals surface area contributed by atoms with E-state index in [9.17, 15) is 9.59 Å². The van der Waals surface area contributed by atoms with Gasteiger partial charge in [-0.2, -0.15) is 5.10 Å². The fraction of sp³-hybridized carbons (Fsp3) is 0.296. The Morgan fingerprint density at radius 2 is 1.94 bits per heavy atom. The first-order chi connectivity index (χ1) is 16.3. The second-order valence-electron chi connectivity index (χ2n) is 9.81. The molecule has 1 aliphatic heterocycles. The summed E-state index contributed by atoms with van der Waals surface area (Å²) >= 11 is 0. The lowest BCUT2D eigenvalue weighted by molar-refractivity contribution is -0.118. The minimum absolute atomic E-state index is 0.103. The third-order valence-electron chi connectivity index (χ3n) is 6.45. The Morgan fingerprint density at radius 1 is 1.18 bits per heavy atom. The molecule has 7 heteroatoms. The van der Waals surface area contributed by atoms with Gasteiger partial charge < -0.3 is 15.4 Å². The fourth-order valence-corrected chi connectivity index (χ4v) is 4.89. The summed E-state index contributed by atoms with van der Waals surface area (Å²) in [5, 5.41) is 11.0. The maximum Gasteiger partial charge on any atom is 0.261 e. The molecule has 34 heavy (non-hydrogen) atoms. The topological polar surface area (TPSA) is 85.2 Å². The van der Waals surface area contributed by atoms with Crippen LogP contribution in [0.2, 0.25) is 0 Å². The Bertz CT molecular complexity index is 1320. The van der Waals surface area contributed by atoms with Crippen molar-refractivity contribution in [1.82, 2.24) is 9.78 Å². The predicted octanol–water partition coefficient (Wildman–Crippen LogP) is 5.11. The summed E-state index contributed by atoms with van der Waals surface area (Å²) in [5.74, 6) is 1.18. The molecule has 2 N–H and O–H groups in total. The Kier molecular flexibility index (Phi) is 5.27. The Labute approximate surface area is 198 Å². The van der Waals surface area contributed by atoms with Gasteiger partial charge in [0.05, 0.1) is 13.3 Å². The van der Waals surface area contributed by atoms with Crippen molar-refractivity contribution < 1.29 is 14.3 Å². The van der Waals surface area contributed by atoms with Crippen LogP contribution in [0.5, 0.6) is 5.75 Å². The van der Waals surface area contributed by atoms with Crippen LogP contribution in [0.4, 0.5) is 11.5 Å². The molecule has 2 heterocycles. The number of nitrogens with one attached hydrogen (secondary N) is 2. The van der Waals surface area contributed by atoms with Crippen molar-refractivity contribution in [3.63, 3.8) is 0 Å². The molecule has 1 aromatic heterocycles. The number of ketones is 1. The second kappa shape index (κ2) is 8.17. The highest BCUT2D eigenvalue weighted by atomic mass is 16.5. The molecule has 174 valence electrons. The van der Waals surface area contributed by atoms with Gasteiger partial charge in [-0.1, -0.05) is 38.1 Å². The quantitative estimate of drug-likeness (QED) is 0.570. The summed E-state index contributed by atoms with van der Waals surface area (Å²) in [7, 11) is 1.62. The molecule has 1 amide bonds. The van der Waals surface area contributed by atoms with E-state index in [-0.39, 0.29) is 17.1 Å². The number of aromatic nitrogens is 2. The van der Waals surface area contributed by atoms with E-state index >= 15 is 0 Å². The summed E-state index contributed by atoms with van der Waals surface area (Å²) in [6.07, 6.45) is 2.75. The van der Waals surface area contributed by atoms with E-state index in [2.05, 4.69) is 29.6 Å². The molecule has 0 bridgehead atoms. The first-order valence-electron chi connectivity index (χ1n) is 11.4. The second-order valence-corrected chi connectivity index (χ2v) is 9.81. The largest absolute Gasteiger partial charge is 0.497 e. The van der Waals surface area contributed by atoms with Gasteiger partial charge in [-0.25, -0.2) is 4.68 Å². The average Bonchev–Trinajstić information content (AvgIpc) is 3.20. The number of carbonyl (C=O) groups excluding carboxylic acids is 2. The minimum Gasteiger partial charge on any atom is -0.497 e. The SMILES string of the molecule is COc1ccc([C@@H]2C3=C(CC(C)(C)CC3=O)Nc3c(C(=O)Nc4cccc(C)c4)cnn32)cc1. The van der Waals surface area contributed by atoms with Crippen LogP contribution in [0, 0.1) is 12.3 Å². The van der Waals surface area contributed by atoms with Crippen LogP contribution in [0.3, 0.4) is 0 Å². The number of ether oxygens (including phenoxy) is 1. The van der Waals surface area contributed by atoms with E-state index in [0.717, 1.165) is 28.3 Å². The monoisotopic (exact) mass is 456 g/mol. The number of aryl methyl sites for hydroxylation is 1. The first-order valence-corrected chi connectivity index (χ1v) is 11.4. The summed E-state index contributed by atoms with van der Waals surface area (Å²) in [6, 6.07) is 14.9. The number of fused-ring (bicyclic) bond motifs is 1. The third-order valence-corrected chi connectivity index (χ3v) is 6.45. The van der Waals surface area contributed by atoms with Gasteiger partial charge >= 0.3 is 0 Å². The normalized spacial score (nSPS) is 18.6. The molecule has 5 rings (SSSR count). The van der Waals surface area contributed by atoms with E-state index in [0.29, 0.717) is 29.8 Å². The predicted molar refractivity (Wildman–Crippen MR) is 131 cm³/mol. The van der Waals surface area contributed by atoms with Crippen molar-refractivity contribution in [3.8, 4) is 5.75 Å². The van der Waals surface area contributed by atoms with E-state index in [4.69, 9.17) is 4.74 Å². The smallest absolute Gasteiger partial charge is 0.261 e. The summed E-state index contributed by atoms with van der Waals surface area (Å²) in [4.78, 5) is 26.6. The molecule has 2 aliphatic rings. The Hall–Kier alpha value is -3.87. The molecule has 0 saturated carbocycles. The zero-order valence-electron chi connectivity index (χ0n) is 19.8. The fourth-order valence-electron chi connectivity index (χ4n) is 4.89. The molecule has 0 spiro atoms. The number of Topliss-reactive ketones (excluding diaryl/α,β-unsaturated/α-hetero) is 1. The third kappa shape index (κ3) is 3.87. The van der Waals surface area contributed by atoms with Crippen molar-refractivity contribution in [1.29, 1.82) is 0 Å². The number of anilines is 2. The van der Waals surface area contributed by atoms with Crippen molar-refractivity contribution >= 4 is 23.2 Å². The van der Waals surface area contributed by atoms with Gasteiger partial charge in [-0.05, 0) is 54.2 Å². The first kappa shape index (κ1) is 21.9. The van der Waals surface area contributed by atoms with Gasteiger partial charge in [0.15, 0.2) is 5.78 Å². The number of carbonyl (C=O) groups is 2. The van der Waals surface area contributed by atoms with Crippen LogP contribution in [-0.4, -0.2) is 28.6 Å². The van der Waals surface area contributed by atoms with E-state index in [1.165, 1.54) is 0 Å². The van der Waals surface area contributed by atoms with E-state index < -0.39 is 6.04 Å². The summed E-state index contributed by atoms with van der Waals surface area (Å²) in [6.45, 7) is 6.17. The van der Waals surface area contributed by atoms with E-state index in [1.54, 1.807) is 18.0 Å². The van der Waals surface area contributed by atoms with Crippen molar-refractivity contribution in [2.75, 3.05) is 17.7 Å². The van der Waals surface area contributed by atoms with Gasteiger partial charge in [0.1, 0.15) is 23.2 Å². The highest BCUT2D eigenvalue weighted by molar-refractivity contribution is 6.08. The van der Waals surface area contributed by atoms with Crippen LogP contribution < -0.4 is 15.4 Å². The highest BCUT2D eigenvalue weighted by Crippen LogP contribution is 2.46. The molecule has 0 radical (unpaired) electrons. The zero-order valence-corrected chi connectivity index (χ0v) is 19.8. The summed E-state index contributed by atoms with van der Waals surface area (Å²) in [5.41, 5.74) is 4.54. The van der Waals surface area contributed by atoms with Gasteiger partial charge in [0, 0.05) is 23.4 Å². The molecule has 0 unspecified atom stereocenters. The number of nitrogens with zero attached hydrogens (tertiary/aromatic N) is 2. The van der Waals surface area contributed by atoms with Crippen LogP contribution in [0.15, 0.2) is 66.0 Å². The van der Waals surface area contributed by atoms with Crippen molar-refractivity contribution in [2.24, 2.45) is 5.41 Å². The number of hydrogen-bond donors (Lipinski definition) is 2. The zero-order chi connectivity index (χ0) is 24.0. The molecular weight excluding hydrogens is 428 g/mol. The van der Waals surface area contributed by atoms with Crippen LogP contribution in [0.25, 0.3) is 0 Å². The molecule has 1 aliphatic carbocycles. The minimum atomic E-state index is -0.415. The van der Waals surface area contributed by atoms with Gasteiger partial charge in [0.2, 0.25) is 0 Å². The van der Waals surface area contributed by atoms with Crippen molar-refractivity contribution in [3.05, 3.63) is 82.7 Å². The van der Waals surface area contributed by atoms with Crippen LogP contribution >= 0.6 is 0 Å². The Balaban J connectivity index is 1.59. The van der Waals surface area contributed by atoms with Gasteiger partial charge in [-0.15, -0.1) is 0 Å². The van der Waals surface area contributed by atoms with Gasteiger partial charge in [-0.3, -0.25) is 9.59 Å². The number of amides is 1.